The van der Waals surface area contributed by atoms with Gasteiger partial charge in [0.1, 0.15) is 0 Å². The summed E-state index contributed by atoms with van der Waals surface area (Å²) in [6, 6.07) is 1.93. The molecule has 13 heavy (non-hydrogen) atoms. The maximum Gasteiger partial charge on any atom is 0.316 e. The van der Waals surface area contributed by atoms with Crippen molar-refractivity contribution in [3.05, 3.63) is 0 Å². The van der Waals surface area contributed by atoms with Crippen LogP contribution in [-0.2, 0) is 0 Å². The summed E-state index contributed by atoms with van der Waals surface area (Å²) in [4.78, 5) is 12.4. The summed E-state index contributed by atoms with van der Waals surface area (Å²) in [5, 5.41) is 13.9. The topological polar surface area (TPSA) is 68.2 Å². The van der Waals surface area contributed by atoms with Gasteiger partial charge in [0.2, 0.25) is 0 Å². The number of amides is 2. The smallest absolute Gasteiger partial charge is 0.316 e. The van der Waals surface area contributed by atoms with Crippen LogP contribution in [0.2, 0.25) is 0 Å². The molecular weight excluding hydrogens is 168 g/mol. The van der Waals surface area contributed by atoms with E-state index in [1.165, 1.54) is 4.90 Å². The molecule has 0 aromatic carbocycles. The highest BCUT2D eigenvalue weighted by atomic mass is 16.2. The predicted octanol–water partition coefficient (Wildman–Crippen LogP) is -0.239. The van der Waals surface area contributed by atoms with Crippen LogP contribution in [0.1, 0.15) is 6.42 Å². The summed E-state index contributed by atoms with van der Waals surface area (Å²) in [5.74, 6) is 0. The Morgan fingerprint density at radius 2 is 2.08 bits per heavy atom. The van der Waals surface area contributed by atoms with Gasteiger partial charge >= 0.3 is 6.03 Å². The zero-order chi connectivity index (χ0) is 10.1. The maximum absolute atomic E-state index is 11.0. The lowest BCUT2D eigenvalue weighted by Crippen LogP contribution is -2.38. The average Bonchev–Trinajstić information content (AvgIpc) is 2.10. The lowest BCUT2D eigenvalue weighted by molar-refractivity contribution is 0.217. The van der Waals surface area contributed by atoms with E-state index >= 15 is 0 Å². The molecule has 0 saturated heterocycles. The molecule has 74 valence electrons. The van der Waals surface area contributed by atoms with Crippen LogP contribution < -0.4 is 10.6 Å². The third-order valence-corrected chi connectivity index (χ3v) is 1.40. The van der Waals surface area contributed by atoms with Gasteiger partial charge in [0, 0.05) is 40.2 Å². The fraction of sp³-hybridized carbons (Fsp3) is 0.750. The van der Waals surface area contributed by atoms with Gasteiger partial charge in [-0.05, 0) is 0 Å². The van der Waals surface area contributed by atoms with Crippen molar-refractivity contribution in [1.82, 2.24) is 15.5 Å². The molecular formula is C8H16N4O. The Morgan fingerprint density at radius 3 is 2.62 bits per heavy atom. The number of carbonyl (C=O) groups is 1. The van der Waals surface area contributed by atoms with E-state index in [1.807, 2.05) is 6.07 Å². The van der Waals surface area contributed by atoms with Crippen molar-refractivity contribution in [2.75, 3.05) is 33.7 Å². The summed E-state index contributed by atoms with van der Waals surface area (Å²) >= 11 is 0. The Bertz CT molecular complexity index is 185. The molecule has 0 saturated carbocycles. The van der Waals surface area contributed by atoms with Crippen LogP contribution >= 0.6 is 0 Å². The Hall–Kier alpha value is -1.28. The highest BCUT2D eigenvalue weighted by Crippen LogP contribution is 1.75. The molecule has 0 atom stereocenters. The summed E-state index contributed by atoms with van der Waals surface area (Å²) in [6.45, 7) is 1.96. The normalized spacial score (nSPS) is 9.00. The Kier molecular flexibility index (Phi) is 6.65. The number of hydrogen-bond acceptors (Lipinski definition) is 3. The molecule has 0 fully saturated rings. The first kappa shape index (κ1) is 11.7. The second-order valence-electron chi connectivity index (χ2n) is 2.78. The molecule has 2 N–H and O–H groups in total. The van der Waals surface area contributed by atoms with Crippen LogP contribution in [0, 0.1) is 11.3 Å². The second kappa shape index (κ2) is 7.37. The molecule has 0 aliphatic carbocycles. The van der Waals surface area contributed by atoms with Crippen molar-refractivity contribution < 1.29 is 4.79 Å². The summed E-state index contributed by atoms with van der Waals surface area (Å²) in [7, 11) is 3.39. The zero-order valence-corrected chi connectivity index (χ0v) is 8.13. The van der Waals surface area contributed by atoms with Gasteiger partial charge in [-0.25, -0.2) is 4.79 Å². The predicted molar refractivity (Wildman–Crippen MR) is 50.2 cm³/mol. The minimum Gasteiger partial charge on any atom is -0.337 e. The Balaban J connectivity index is 3.17. The first-order chi connectivity index (χ1) is 6.18. The third-order valence-electron chi connectivity index (χ3n) is 1.40. The molecule has 5 nitrogen and oxygen atoms in total. The number of hydrogen-bond donors (Lipinski definition) is 2. The minimum absolute atomic E-state index is 0.0953. The zero-order valence-electron chi connectivity index (χ0n) is 8.13. The van der Waals surface area contributed by atoms with Crippen LogP contribution in [0.15, 0.2) is 0 Å². The number of carbonyl (C=O) groups excluding carboxylic acids is 1. The summed E-state index contributed by atoms with van der Waals surface area (Å²) in [5.41, 5.74) is 0. The average molecular weight is 184 g/mol. The fourth-order valence-electron chi connectivity index (χ4n) is 0.685. The molecule has 0 spiro atoms. The van der Waals surface area contributed by atoms with Crippen molar-refractivity contribution in [3.63, 3.8) is 0 Å². The molecule has 0 rings (SSSR count). The van der Waals surface area contributed by atoms with Crippen molar-refractivity contribution in [2.45, 2.75) is 6.42 Å². The van der Waals surface area contributed by atoms with Gasteiger partial charge in [0.05, 0.1) is 6.07 Å². The summed E-state index contributed by atoms with van der Waals surface area (Å²) in [6.07, 6.45) is 0.502. The van der Waals surface area contributed by atoms with Gasteiger partial charge in [-0.15, -0.1) is 0 Å². The van der Waals surface area contributed by atoms with Gasteiger partial charge in [-0.2, -0.15) is 5.26 Å². The first-order valence-corrected chi connectivity index (χ1v) is 4.21. The van der Waals surface area contributed by atoms with Crippen LogP contribution in [-0.4, -0.2) is 44.7 Å². The van der Waals surface area contributed by atoms with Gasteiger partial charge in [-0.1, -0.05) is 0 Å². The highest BCUT2D eigenvalue weighted by molar-refractivity contribution is 5.73. The van der Waals surface area contributed by atoms with E-state index in [4.69, 9.17) is 5.26 Å². The molecule has 2 amide bonds. The molecule has 0 aliphatic rings. The van der Waals surface area contributed by atoms with E-state index in [0.29, 0.717) is 26.1 Å². The van der Waals surface area contributed by atoms with E-state index in [0.717, 1.165) is 0 Å². The fourth-order valence-corrected chi connectivity index (χ4v) is 0.685. The quantitative estimate of drug-likeness (QED) is 0.579. The van der Waals surface area contributed by atoms with Gasteiger partial charge in [0.25, 0.3) is 0 Å². The molecule has 0 bridgehead atoms. The Labute approximate surface area is 78.7 Å². The van der Waals surface area contributed by atoms with E-state index in [9.17, 15) is 4.79 Å². The first-order valence-electron chi connectivity index (χ1n) is 4.21. The van der Waals surface area contributed by atoms with Crippen molar-refractivity contribution in [2.24, 2.45) is 0 Å². The molecule has 0 heterocycles. The summed E-state index contributed by atoms with van der Waals surface area (Å²) < 4.78 is 0. The van der Waals surface area contributed by atoms with Gasteiger partial charge < -0.3 is 15.5 Å². The van der Waals surface area contributed by atoms with Gasteiger partial charge in [0.15, 0.2) is 0 Å². The van der Waals surface area contributed by atoms with Crippen molar-refractivity contribution in [3.8, 4) is 6.07 Å². The third kappa shape index (κ3) is 7.09. The lowest BCUT2D eigenvalue weighted by Gasteiger charge is -2.11. The monoisotopic (exact) mass is 184 g/mol. The number of nitriles is 1. The molecule has 0 aromatic rings. The minimum atomic E-state index is -0.0953. The number of urea groups is 1. The van der Waals surface area contributed by atoms with Gasteiger partial charge in [-0.3, -0.25) is 0 Å². The molecule has 0 unspecified atom stereocenters. The maximum atomic E-state index is 11.0. The molecule has 5 heteroatoms. The lowest BCUT2D eigenvalue weighted by atomic mass is 10.4. The number of nitrogens with one attached hydrogen (secondary N) is 2. The standard InChI is InChI=1S/C8H16N4O/c1-12(2)8(13)11-7-6-10-5-3-4-9/h10H,3,5-7H2,1-2H3,(H,11,13). The van der Waals surface area contributed by atoms with E-state index < -0.39 is 0 Å². The highest BCUT2D eigenvalue weighted by Gasteiger charge is 1.99. The van der Waals surface area contributed by atoms with Crippen LogP contribution in [0.3, 0.4) is 0 Å². The molecule has 0 aliphatic heterocycles. The Morgan fingerprint density at radius 1 is 1.38 bits per heavy atom. The molecule has 0 radical (unpaired) electrons. The van der Waals surface area contributed by atoms with Crippen molar-refractivity contribution >= 4 is 6.03 Å². The van der Waals surface area contributed by atoms with E-state index in [1.54, 1.807) is 14.1 Å². The van der Waals surface area contributed by atoms with Crippen LogP contribution in [0.4, 0.5) is 4.79 Å². The largest absolute Gasteiger partial charge is 0.337 e. The van der Waals surface area contributed by atoms with Crippen molar-refractivity contribution in [1.29, 1.82) is 5.26 Å². The number of nitrogens with zero attached hydrogens (tertiary/aromatic N) is 2. The van der Waals surface area contributed by atoms with Crippen LogP contribution in [0.5, 0.6) is 0 Å². The van der Waals surface area contributed by atoms with Crippen LogP contribution in [0.25, 0.3) is 0 Å². The molecule has 0 aromatic heterocycles. The number of rotatable bonds is 5. The SMILES string of the molecule is CN(C)C(=O)NCCNCCC#N. The van der Waals surface area contributed by atoms with E-state index in [-0.39, 0.29) is 6.03 Å². The van der Waals surface area contributed by atoms with E-state index in [2.05, 4.69) is 10.6 Å². The second-order valence-corrected chi connectivity index (χ2v) is 2.78.